The molecule has 1 unspecified atom stereocenters. The molecule has 3 heteroatoms. The Balaban J connectivity index is 2.03. The van der Waals surface area contributed by atoms with Gasteiger partial charge in [0.25, 0.3) is 0 Å². The number of amides is 1. The van der Waals surface area contributed by atoms with Crippen LogP contribution in [-0.2, 0) is 4.79 Å². The summed E-state index contributed by atoms with van der Waals surface area (Å²) in [5, 5.41) is 3.17. The Labute approximate surface area is 128 Å². The Morgan fingerprint density at radius 2 is 1.90 bits per heavy atom. The zero-order valence-corrected chi connectivity index (χ0v) is 13.5. The normalized spacial score (nSPS) is 27.1. The van der Waals surface area contributed by atoms with Gasteiger partial charge in [-0.2, -0.15) is 0 Å². The Bertz CT molecular complexity index is 472. The molecular formula is C18H28N2O. The second-order valence-electron chi connectivity index (χ2n) is 6.77. The maximum atomic E-state index is 12.7. The first kappa shape index (κ1) is 16.0. The summed E-state index contributed by atoms with van der Waals surface area (Å²) in [6.45, 7) is 6.82. The lowest BCUT2D eigenvalue weighted by molar-refractivity contribution is -0.133. The predicted octanol–water partition coefficient (Wildman–Crippen LogP) is 3.33. The minimum Gasteiger partial charge on any atom is -0.349 e. The fraction of sp³-hybridized carbons (Fsp3) is 0.611. The van der Waals surface area contributed by atoms with Crippen molar-refractivity contribution in [1.82, 2.24) is 5.32 Å². The third-order valence-electron chi connectivity index (χ3n) is 5.03. The van der Waals surface area contributed by atoms with Gasteiger partial charge in [-0.25, -0.2) is 0 Å². The van der Waals surface area contributed by atoms with Crippen LogP contribution in [0.1, 0.15) is 56.7 Å². The SMILES string of the molecule is Cc1ccc(C(C)NC(=O)C2(CN)CCC(C)CC2)cc1. The summed E-state index contributed by atoms with van der Waals surface area (Å²) in [6.07, 6.45) is 4.03. The molecule has 1 aromatic carbocycles. The van der Waals surface area contributed by atoms with Gasteiger partial charge in [-0.1, -0.05) is 36.8 Å². The van der Waals surface area contributed by atoms with Crippen molar-refractivity contribution in [3.63, 3.8) is 0 Å². The van der Waals surface area contributed by atoms with E-state index < -0.39 is 0 Å². The molecule has 1 atom stereocenters. The second-order valence-corrected chi connectivity index (χ2v) is 6.77. The largest absolute Gasteiger partial charge is 0.349 e. The highest BCUT2D eigenvalue weighted by atomic mass is 16.2. The summed E-state index contributed by atoms with van der Waals surface area (Å²) in [5.41, 5.74) is 7.98. The fourth-order valence-corrected chi connectivity index (χ4v) is 3.13. The highest BCUT2D eigenvalue weighted by Crippen LogP contribution is 2.38. The van der Waals surface area contributed by atoms with E-state index in [1.807, 2.05) is 6.92 Å². The minimum absolute atomic E-state index is 0.0286. The lowest BCUT2D eigenvalue weighted by Gasteiger charge is -2.38. The average molecular weight is 288 g/mol. The number of nitrogens with two attached hydrogens (primary N) is 1. The van der Waals surface area contributed by atoms with Crippen LogP contribution in [0.5, 0.6) is 0 Å². The van der Waals surface area contributed by atoms with Gasteiger partial charge in [0.15, 0.2) is 0 Å². The molecule has 3 nitrogen and oxygen atoms in total. The van der Waals surface area contributed by atoms with Crippen molar-refractivity contribution in [2.75, 3.05) is 6.54 Å². The van der Waals surface area contributed by atoms with Gasteiger partial charge in [-0.3, -0.25) is 4.79 Å². The maximum absolute atomic E-state index is 12.7. The number of nitrogens with one attached hydrogen (secondary N) is 1. The van der Waals surface area contributed by atoms with Gasteiger partial charge < -0.3 is 11.1 Å². The van der Waals surface area contributed by atoms with Gasteiger partial charge >= 0.3 is 0 Å². The monoisotopic (exact) mass is 288 g/mol. The van der Waals surface area contributed by atoms with Crippen LogP contribution in [0.15, 0.2) is 24.3 Å². The summed E-state index contributed by atoms with van der Waals surface area (Å²) in [6, 6.07) is 8.36. The van der Waals surface area contributed by atoms with Crippen LogP contribution in [0.2, 0.25) is 0 Å². The molecule has 3 N–H and O–H groups in total. The summed E-state index contributed by atoms with van der Waals surface area (Å²) in [7, 11) is 0. The number of hydrogen-bond donors (Lipinski definition) is 2. The van der Waals surface area contributed by atoms with Crippen LogP contribution >= 0.6 is 0 Å². The Morgan fingerprint density at radius 3 is 2.43 bits per heavy atom. The molecule has 0 aromatic heterocycles. The fourth-order valence-electron chi connectivity index (χ4n) is 3.13. The number of carbonyl (C=O) groups is 1. The van der Waals surface area contributed by atoms with Gasteiger partial charge in [0.1, 0.15) is 0 Å². The highest BCUT2D eigenvalue weighted by Gasteiger charge is 2.40. The van der Waals surface area contributed by atoms with Gasteiger partial charge in [-0.15, -0.1) is 0 Å². The lowest BCUT2D eigenvalue weighted by atomic mass is 9.70. The third kappa shape index (κ3) is 3.65. The highest BCUT2D eigenvalue weighted by molar-refractivity contribution is 5.83. The number of aryl methyl sites for hydroxylation is 1. The molecule has 21 heavy (non-hydrogen) atoms. The van der Waals surface area contributed by atoms with E-state index in [0.29, 0.717) is 12.5 Å². The van der Waals surface area contributed by atoms with Gasteiger partial charge in [0, 0.05) is 6.54 Å². The summed E-state index contributed by atoms with van der Waals surface area (Å²) >= 11 is 0. The Morgan fingerprint density at radius 1 is 1.33 bits per heavy atom. The molecule has 0 aliphatic heterocycles. The number of carbonyl (C=O) groups excluding carboxylic acids is 1. The quantitative estimate of drug-likeness (QED) is 0.893. The lowest BCUT2D eigenvalue weighted by Crippen LogP contribution is -2.48. The molecule has 1 fully saturated rings. The van der Waals surface area contributed by atoms with Crippen molar-refractivity contribution in [2.24, 2.45) is 17.1 Å². The van der Waals surface area contributed by atoms with Crippen molar-refractivity contribution in [3.8, 4) is 0 Å². The zero-order valence-electron chi connectivity index (χ0n) is 13.5. The molecule has 0 heterocycles. The van der Waals surface area contributed by atoms with E-state index in [1.165, 1.54) is 5.56 Å². The van der Waals surface area contributed by atoms with Crippen molar-refractivity contribution in [3.05, 3.63) is 35.4 Å². The molecule has 1 amide bonds. The summed E-state index contributed by atoms with van der Waals surface area (Å²) in [4.78, 5) is 12.7. The first-order chi connectivity index (χ1) is 9.97. The molecule has 2 rings (SSSR count). The molecule has 0 spiro atoms. The standard InChI is InChI=1S/C18H28N2O/c1-13-4-6-16(7-5-13)15(3)20-17(21)18(12-19)10-8-14(2)9-11-18/h4-7,14-15H,8-12,19H2,1-3H3,(H,20,21). The van der Waals surface area contributed by atoms with Crippen LogP contribution < -0.4 is 11.1 Å². The van der Waals surface area contributed by atoms with Gasteiger partial charge in [0.05, 0.1) is 11.5 Å². The van der Waals surface area contributed by atoms with Crippen LogP contribution in [-0.4, -0.2) is 12.5 Å². The minimum atomic E-state index is -0.356. The number of benzene rings is 1. The molecule has 116 valence electrons. The molecule has 1 saturated carbocycles. The van der Waals surface area contributed by atoms with E-state index in [4.69, 9.17) is 5.73 Å². The predicted molar refractivity (Wildman–Crippen MR) is 86.9 cm³/mol. The maximum Gasteiger partial charge on any atom is 0.227 e. The zero-order chi connectivity index (χ0) is 15.5. The van der Waals surface area contributed by atoms with Crippen LogP contribution in [0, 0.1) is 18.3 Å². The molecule has 0 radical (unpaired) electrons. The van der Waals surface area contributed by atoms with Crippen molar-refractivity contribution in [2.45, 2.75) is 52.5 Å². The average Bonchev–Trinajstić information content (AvgIpc) is 2.49. The summed E-state index contributed by atoms with van der Waals surface area (Å²) in [5.74, 6) is 0.844. The van der Waals surface area contributed by atoms with E-state index in [0.717, 1.165) is 31.2 Å². The molecule has 0 saturated heterocycles. The van der Waals surface area contributed by atoms with Crippen molar-refractivity contribution >= 4 is 5.91 Å². The van der Waals surface area contributed by atoms with Crippen molar-refractivity contribution < 1.29 is 4.79 Å². The van der Waals surface area contributed by atoms with Crippen LogP contribution in [0.4, 0.5) is 0 Å². The molecule has 1 aliphatic rings. The van der Waals surface area contributed by atoms with Gasteiger partial charge in [-0.05, 0) is 51.0 Å². The Kier molecular flexibility index (Phi) is 5.04. The first-order valence-electron chi connectivity index (χ1n) is 8.04. The van der Waals surface area contributed by atoms with E-state index in [1.54, 1.807) is 0 Å². The number of hydrogen-bond acceptors (Lipinski definition) is 2. The van der Waals surface area contributed by atoms with E-state index in [-0.39, 0.29) is 17.4 Å². The second kappa shape index (κ2) is 6.61. The number of rotatable bonds is 4. The third-order valence-corrected chi connectivity index (χ3v) is 5.03. The molecule has 1 aliphatic carbocycles. The van der Waals surface area contributed by atoms with E-state index >= 15 is 0 Å². The van der Waals surface area contributed by atoms with E-state index in [2.05, 4.69) is 43.4 Å². The topological polar surface area (TPSA) is 55.1 Å². The molecule has 1 aromatic rings. The van der Waals surface area contributed by atoms with Crippen LogP contribution in [0.3, 0.4) is 0 Å². The Hall–Kier alpha value is -1.35. The van der Waals surface area contributed by atoms with Crippen LogP contribution in [0.25, 0.3) is 0 Å². The molecular weight excluding hydrogens is 260 g/mol. The van der Waals surface area contributed by atoms with Gasteiger partial charge in [0.2, 0.25) is 5.91 Å². The smallest absolute Gasteiger partial charge is 0.227 e. The summed E-state index contributed by atoms with van der Waals surface area (Å²) < 4.78 is 0. The molecule has 0 bridgehead atoms. The van der Waals surface area contributed by atoms with E-state index in [9.17, 15) is 4.79 Å². The van der Waals surface area contributed by atoms with Crippen molar-refractivity contribution in [1.29, 1.82) is 0 Å². The first-order valence-corrected chi connectivity index (χ1v) is 8.04.